The lowest BCUT2D eigenvalue weighted by atomic mass is 9.88. The van der Waals surface area contributed by atoms with Gasteiger partial charge in [-0.2, -0.15) is 0 Å². The summed E-state index contributed by atoms with van der Waals surface area (Å²) in [5, 5.41) is 7.52. The fourth-order valence-corrected chi connectivity index (χ4v) is 3.87. The van der Waals surface area contributed by atoms with Crippen molar-refractivity contribution in [3.8, 4) is 11.5 Å². The van der Waals surface area contributed by atoms with Gasteiger partial charge in [-0.1, -0.05) is 25.0 Å². The topological polar surface area (TPSA) is 42.5 Å². The van der Waals surface area contributed by atoms with Crippen LogP contribution < -0.4 is 20.1 Å². The lowest BCUT2D eigenvalue weighted by Gasteiger charge is -2.32. The molecule has 0 heterocycles. The van der Waals surface area contributed by atoms with Crippen LogP contribution in [0.2, 0.25) is 0 Å². The molecule has 138 valence electrons. The van der Waals surface area contributed by atoms with Crippen molar-refractivity contribution in [1.29, 1.82) is 0 Å². The Kier molecular flexibility index (Phi) is 5.99. The molecule has 26 heavy (non-hydrogen) atoms. The summed E-state index contributed by atoms with van der Waals surface area (Å²) in [4.78, 5) is 0. The molecule has 0 aliphatic heterocycles. The molecule has 0 saturated heterocycles. The number of rotatable bonds is 6. The first-order valence-electron chi connectivity index (χ1n) is 9.12. The second-order valence-electron chi connectivity index (χ2n) is 6.55. The number of hydrogen-bond donors (Lipinski definition) is 2. The van der Waals surface area contributed by atoms with Crippen molar-refractivity contribution in [1.82, 2.24) is 5.32 Å². The Labute approximate surface area is 160 Å². The fraction of sp³-hybridized carbons (Fsp3) is 0.381. The van der Waals surface area contributed by atoms with E-state index < -0.39 is 0 Å². The highest BCUT2D eigenvalue weighted by Gasteiger charge is 2.36. The van der Waals surface area contributed by atoms with Gasteiger partial charge in [0.05, 0.1) is 19.3 Å². The number of methoxy groups -OCH3 is 1. The molecule has 0 bridgehead atoms. The van der Waals surface area contributed by atoms with Gasteiger partial charge in [0, 0.05) is 5.69 Å². The van der Waals surface area contributed by atoms with Crippen LogP contribution >= 0.6 is 12.2 Å². The second-order valence-corrected chi connectivity index (χ2v) is 6.96. The smallest absolute Gasteiger partial charge is 0.171 e. The Bertz CT molecular complexity index is 723. The molecular formula is C21H26N2O2S. The number of benzene rings is 2. The Morgan fingerprint density at radius 1 is 1.00 bits per heavy atom. The average Bonchev–Trinajstić information content (AvgIpc) is 3.13. The molecule has 1 saturated carbocycles. The van der Waals surface area contributed by atoms with E-state index in [1.165, 1.54) is 18.4 Å². The molecule has 0 atom stereocenters. The molecule has 0 spiro atoms. The minimum Gasteiger partial charge on any atom is -0.497 e. The van der Waals surface area contributed by atoms with Crippen molar-refractivity contribution in [2.75, 3.05) is 19.0 Å². The van der Waals surface area contributed by atoms with Crippen LogP contribution in [-0.4, -0.2) is 18.8 Å². The van der Waals surface area contributed by atoms with Crippen LogP contribution in [0.1, 0.15) is 38.2 Å². The summed E-state index contributed by atoms with van der Waals surface area (Å²) in [6, 6.07) is 16.2. The van der Waals surface area contributed by atoms with Crippen LogP contribution in [0.25, 0.3) is 0 Å². The van der Waals surface area contributed by atoms with Gasteiger partial charge < -0.3 is 20.1 Å². The first kappa shape index (κ1) is 18.5. The maximum atomic E-state index is 5.60. The third kappa shape index (κ3) is 4.28. The summed E-state index contributed by atoms with van der Waals surface area (Å²) >= 11 is 5.60. The first-order valence-corrected chi connectivity index (χ1v) is 9.52. The maximum absolute atomic E-state index is 5.60. The number of thiocarbonyl (C=S) groups is 1. The molecule has 2 aromatic carbocycles. The van der Waals surface area contributed by atoms with Crippen LogP contribution in [0.15, 0.2) is 48.5 Å². The molecule has 0 unspecified atom stereocenters. The van der Waals surface area contributed by atoms with Crippen molar-refractivity contribution in [2.45, 2.75) is 38.1 Å². The normalized spacial score (nSPS) is 15.3. The molecule has 1 fully saturated rings. The van der Waals surface area contributed by atoms with E-state index in [-0.39, 0.29) is 5.54 Å². The van der Waals surface area contributed by atoms with Crippen molar-refractivity contribution in [3.63, 3.8) is 0 Å². The minimum absolute atomic E-state index is 0.110. The van der Waals surface area contributed by atoms with E-state index in [1.54, 1.807) is 7.11 Å². The molecular weight excluding hydrogens is 344 g/mol. The minimum atomic E-state index is -0.110. The summed E-state index contributed by atoms with van der Waals surface area (Å²) < 4.78 is 10.8. The third-order valence-electron chi connectivity index (χ3n) is 4.88. The van der Waals surface area contributed by atoms with Gasteiger partial charge in [0.1, 0.15) is 11.5 Å². The van der Waals surface area contributed by atoms with E-state index in [0.717, 1.165) is 30.0 Å². The summed E-state index contributed by atoms with van der Waals surface area (Å²) in [5.41, 5.74) is 2.10. The summed E-state index contributed by atoms with van der Waals surface area (Å²) in [5.74, 6) is 1.74. The zero-order valence-electron chi connectivity index (χ0n) is 15.4. The Morgan fingerprint density at radius 2 is 1.62 bits per heavy atom. The van der Waals surface area contributed by atoms with E-state index >= 15 is 0 Å². The van der Waals surface area contributed by atoms with Crippen LogP contribution in [0.4, 0.5) is 5.69 Å². The summed E-state index contributed by atoms with van der Waals surface area (Å²) in [6.45, 7) is 2.64. The molecule has 1 aliphatic carbocycles. The summed E-state index contributed by atoms with van der Waals surface area (Å²) in [6.07, 6.45) is 4.55. The quantitative estimate of drug-likeness (QED) is 0.712. The standard InChI is InChI=1S/C21H26N2O2S/c1-3-25-19-12-8-17(9-13-19)22-20(26)23-21(14-4-5-15-21)16-6-10-18(24-2)11-7-16/h6-13H,3-5,14-15H2,1-2H3,(H2,22,23,26). The molecule has 0 amide bonds. The number of nitrogens with one attached hydrogen (secondary N) is 2. The summed E-state index contributed by atoms with van der Waals surface area (Å²) in [7, 11) is 1.69. The van der Waals surface area contributed by atoms with Crippen molar-refractivity contribution in [3.05, 3.63) is 54.1 Å². The van der Waals surface area contributed by atoms with E-state index in [9.17, 15) is 0 Å². The van der Waals surface area contributed by atoms with Gasteiger partial charge in [0.15, 0.2) is 5.11 Å². The maximum Gasteiger partial charge on any atom is 0.171 e. The van der Waals surface area contributed by atoms with Gasteiger partial charge in [0.2, 0.25) is 0 Å². The van der Waals surface area contributed by atoms with Gasteiger partial charge in [-0.25, -0.2) is 0 Å². The zero-order chi connectivity index (χ0) is 18.4. The molecule has 0 aromatic heterocycles. The third-order valence-corrected chi connectivity index (χ3v) is 5.08. The van der Waals surface area contributed by atoms with E-state index in [1.807, 2.05) is 43.3 Å². The molecule has 3 rings (SSSR count). The highest BCUT2D eigenvalue weighted by atomic mass is 32.1. The number of ether oxygens (including phenoxy) is 2. The average molecular weight is 371 g/mol. The molecule has 4 nitrogen and oxygen atoms in total. The van der Waals surface area contributed by atoms with Gasteiger partial charge >= 0.3 is 0 Å². The molecule has 2 N–H and O–H groups in total. The van der Waals surface area contributed by atoms with Crippen molar-refractivity contribution >= 4 is 23.0 Å². The monoisotopic (exact) mass is 370 g/mol. The Morgan fingerprint density at radius 3 is 2.19 bits per heavy atom. The fourth-order valence-electron chi connectivity index (χ4n) is 3.56. The molecule has 0 radical (unpaired) electrons. The van der Waals surface area contributed by atoms with Crippen molar-refractivity contribution in [2.24, 2.45) is 0 Å². The predicted molar refractivity (Wildman–Crippen MR) is 110 cm³/mol. The van der Waals surface area contributed by atoms with Crippen LogP contribution in [0, 0.1) is 0 Å². The Hall–Kier alpha value is -2.27. The lowest BCUT2D eigenvalue weighted by molar-refractivity contribution is 0.340. The largest absolute Gasteiger partial charge is 0.497 e. The van der Waals surface area contributed by atoms with E-state index in [4.69, 9.17) is 21.7 Å². The SMILES string of the molecule is CCOc1ccc(NC(=S)NC2(c3ccc(OC)cc3)CCCC2)cc1. The van der Waals surface area contributed by atoms with Gasteiger partial charge in [-0.3, -0.25) is 0 Å². The van der Waals surface area contributed by atoms with Gasteiger partial charge in [0.25, 0.3) is 0 Å². The zero-order valence-corrected chi connectivity index (χ0v) is 16.2. The number of hydrogen-bond acceptors (Lipinski definition) is 3. The molecule has 2 aromatic rings. The van der Waals surface area contributed by atoms with Crippen LogP contribution in [0.5, 0.6) is 11.5 Å². The lowest BCUT2D eigenvalue weighted by Crippen LogP contribution is -2.45. The van der Waals surface area contributed by atoms with Crippen molar-refractivity contribution < 1.29 is 9.47 Å². The van der Waals surface area contributed by atoms with Crippen LogP contribution in [-0.2, 0) is 5.54 Å². The first-order chi connectivity index (χ1) is 12.6. The van der Waals surface area contributed by atoms with Gasteiger partial charge in [-0.05, 0) is 73.9 Å². The van der Waals surface area contributed by atoms with Crippen LogP contribution in [0.3, 0.4) is 0 Å². The van der Waals surface area contributed by atoms with Gasteiger partial charge in [-0.15, -0.1) is 0 Å². The number of anilines is 1. The highest BCUT2D eigenvalue weighted by Crippen LogP contribution is 2.39. The van der Waals surface area contributed by atoms with E-state index in [0.29, 0.717) is 11.7 Å². The predicted octanol–water partition coefficient (Wildman–Crippen LogP) is 4.85. The highest BCUT2D eigenvalue weighted by molar-refractivity contribution is 7.80. The molecule has 1 aliphatic rings. The van der Waals surface area contributed by atoms with E-state index in [2.05, 4.69) is 22.8 Å². The Balaban J connectivity index is 1.69. The molecule has 5 heteroatoms. The second kappa shape index (κ2) is 8.41.